The normalized spacial score (nSPS) is 22.0. The van der Waals surface area contributed by atoms with E-state index in [9.17, 15) is 9.90 Å². The van der Waals surface area contributed by atoms with Crippen LogP contribution in [0.25, 0.3) is 0 Å². The molecule has 1 N–H and O–H groups in total. The number of nitrogens with zero attached hydrogens (tertiary/aromatic N) is 2. The molecule has 1 saturated heterocycles. The molecular formula is C18H20N2O2. The molecule has 1 heterocycles. The van der Waals surface area contributed by atoms with Crippen molar-refractivity contribution in [1.29, 1.82) is 0 Å². The van der Waals surface area contributed by atoms with Gasteiger partial charge in [-0.25, -0.2) is 10.0 Å². The molecule has 22 heavy (non-hydrogen) atoms. The number of aliphatic hydroxyl groups is 1. The molecule has 114 valence electrons. The van der Waals surface area contributed by atoms with Crippen LogP contribution >= 0.6 is 0 Å². The minimum Gasteiger partial charge on any atom is -0.372 e. The zero-order chi connectivity index (χ0) is 15.5. The summed E-state index contributed by atoms with van der Waals surface area (Å²) in [6.45, 7) is 2.64. The number of benzene rings is 2. The largest absolute Gasteiger partial charge is 0.372 e. The molecule has 2 atom stereocenters. The second-order valence-corrected chi connectivity index (χ2v) is 5.66. The second-order valence-electron chi connectivity index (χ2n) is 5.66. The third kappa shape index (κ3) is 2.89. The Balaban J connectivity index is 1.85. The fourth-order valence-electron chi connectivity index (χ4n) is 2.88. The van der Waals surface area contributed by atoms with Crippen molar-refractivity contribution < 1.29 is 9.90 Å². The van der Waals surface area contributed by atoms with Crippen molar-refractivity contribution >= 4 is 5.91 Å². The van der Waals surface area contributed by atoms with Gasteiger partial charge < -0.3 is 5.11 Å². The number of amides is 1. The number of hydrazine groups is 1. The van der Waals surface area contributed by atoms with Crippen LogP contribution in [0.2, 0.25) is 0 Å². The van der Waals surface area contributed by atoms with E-state index in [4.69, 9.17) is 0 Å². The quantitative estimate of drug-likeness (QED) is 0.947. The molecule has 4 nitrogen and oxygen atoms in total. The molecule has 1 fully saturated rings. The minimum absolute atomic E-state index is 0.114. The maximum Gasteiger partial charge on any atom is 0.270 e. The lowest BCUT2D eigenvalue weighted by molar-refractivity contribution is -0.0677. The Labute approximate surface area is 130 Å². The molecule has 0 radical (unpaired) electrons. The van der Waals surface area contributed by atoms with Crippen molar-refractivity contribution in [2.75, 3.05) is 0 Å². The van der Waals surface area contributed by atoms with Gasteiger partial charge in [-0.3, -0.25) is 4.79 Å². The zero-order valence-electron chi connectivity index (χ0n) is 12.6. The van der Waals surface area contributed by atoms with Crippen molar-refractivity contribution in [3.8, 4) is 0 Å². The third-order valence-electron chi connectivity index (χ3n) is 4.04. The number of carbonyl (C=O) groups is 1. The predicted octanol–water partition coefficient (Wildman–Crippen LogP) is 2.66. The van der Waals surface area contributed by atoms with Gasteiger partial charge in [0.25, 0.3) is 5.91 Å². The van der Waals surface area contributed by atoms with Crippen LogP contribution in [0, 0.1) is 0 Å². The van der Waals surface area contributed by atoms with Crippen LogP contribution in [0.4, 0.5) is 0 Å². The van der Waals surface area contributed by atoms with Crippen LogP contribution < -0.4 is 0 Å². The molecule has 1 aliphatic rings. The van der Waals surface area contributed by atoms with Crippen LogP contribution in [0.5, 0.6) is 0 Å². The SMILES string of the molecule is C[C@@H]1C[C@@H](O)N(C(=O)c2ccccc2)N1Cc1ccccc1. The second kappa shape index (κ2) is 6.30. The fourth-order valence-corrected chi connectivity index (χ4v) is 2.88. The van der Waals surface area contributed by atoms with E-state index in [2.05, 4.69) is 0 Å². The number of hydrogen-bond acceptors (Lipinski definition) is 3. The Hall–Kier alpha value is -2.17. The van der Waals surface area contributed by atoms with Gasteiger partial charge in [0.05, 0.1) is 0 Å². The van der Waals surface area contributed by atoms with Crippen LogP contribution in [-0.2, 0) is 6.54 Å². The summed E-state index contributed by atoms with van der Waals surface area (Å²) >= 11 is 0. The summed E-state index contributed by atoms with van der Waals surface area (Å²) in [4.78, 5) is 12.7. The van der Waals surface area contributed by atoms with Crippen molar-refractivity contribution in [3.05, 3.63) is 71.8 Å². The summed E-state index contributed by atoms with van der Waals surface area (Å²) in [6.07, 6.45) is -0.211. The van der Waals surface area contributed by atoms with Gasteiger partial charge in [0.2, 0.25) is 0 Å². The van der Waals surface area contributed by atoms with Gasteiger partial charge in [0.1, 0.15) is 6.23 Å². The molecule has 4 heteroatoms. The number of aliphatic hydroxyl groups excluding tert-OH is 1. The lowest BCUT2D eigenvalue weighted by Crippen LogP contribution is -2.46. The van der Waals surface area contributed by atoms with Gasteiger partial charge in [-0.15, -0.1) is 0 Å². The third-order valence-corrected chi connectivity index (χ3v) is 4.04. The van der Waals surface area contributed by atoms with E-state index in [1.807, 2.05) is 60.5 Å². The van der Waals surface area contributed by atoms with Gasteiger partial charge in [-0.05, 0) is 24.6 Å². The first-order valence-electron chi connectivity index (χ1n) is 7.54. The first-order chi connectivity index (χ1) is 10.7. The Kier molecular flexibility index (Phi) is 4.22. The molecule has 0 saturated carbocycles. The summed E-state index contributed by atoms with van der Waals surface area (Å²) < 4.78 is 0. The summed E-state index contributed by atoms with van der Waals surface area (Å²) in [5, 5.41) is 13.7. The number of carbonyl (C=O) groups excluding carboxylic acids is 1. The lowest BCUT2D eigenvalue weighted by atomic mass is 10.2. The van der Waals surface area contributed by atoms with Gasteiger partial charge in [-0.2, -0.15) is 0 Å². The van der Waals surface area contributed by atoms with Gasteiger partial charge in [-0.1, -0.05) is 48.5 Å². The van der Waals surface area contributed by atoms with E-state index in [1.54, 1.807) is 12.1 Å². The topological polar surface area (TPSA) is 43.8 Å². The number of hydrogen-bond donors (Lipinski definition) is 1. The maximum absolute atomic E-state index is 12.7. The first kappa shape index (κ1) is 14.8. The van der Waals surface area contributed by atoms with E-state index >= 15 is 0 Å². The smallest absolute Gasteiger partial charge is 0.270 e. The molecular weight excluding hydrogens is 276 g/mol. The zero-order valence-corrected chi connectivity index (χ0v) is 12.6. The average Bonchev–Trinajstić information content (AvgIpc) is 2.82. The highest BCUT2D eigenvalue weighted by molar-refractivity contribution is 5.94. The Morgan fingerprint density at radius 3 is 2.32 bits per heavy atom. The van der Waals surface area contributed by atoms with Crippen LogP contribution in [0.15, 0.2) is 60.7 Å². The summed E-state index contributed by atoms with van der Waals surface area (Å²) in [5.41, 5.74) is 1.71. The van der Waals surface area contributed by atoms with Crippen LogP contribution in [0.3, 0.4) is 0 Å². The highest BCUT2D eigenvalue weighted by atomic mass is 16.3. The molecule has 0 aliphatic carbocycles. The van der Waals surface area contributed by atoms with Crippen molar-refractivity contribution in [2.45, 2.75) is 32.2 Å². The highest BCUT2D eigenvalue weighted by Gasteiger charge is 2.39. The Morgan fingerprint density at radius 2 is 1.68 bits per heavy atom. The maximum atomic E-state index is 12.7. The molecule has 0 unspecified atom stereocenters. The minimum atomic E-state index is -0.772. The van der Waals surface area contributed by atoms with Gasteiger partial charge in [0, 0.05) is 24.6 Å². The molecule has 0 aromatic heterocycles. The molecule has 2 aromatic carbocycles. The summed E-state index contributed by atoms with van der Waals surface area (Å²) in [7, 11) is 0. The van der Waals surface area contributed by atoms with E-state index in [-0.39, 0.29) is 11.9 Å². The van der Waals surface area contributed by atoms with E-state index in [0.29, 0.717) is 18.5 Å². The molecule has 3 rings (SSSR count). The van der Waals surface area contributed by atoms with Crippen LogP contribution in [0.1, 0.15) is 29.3 Å². The standard InChI is InChI=1S/C18H20N2O2/c1-14-12-17(21)20(18(22)16-10-6-3-7-11-16)19(14)13-15-8-4-2-5-9-15/h2-11,14,17,21H,12-13H2,1H3/t14-,17-/m1/s1. The first-order valence-corrected chi connectivity index (χ1v) is 7.54. The average molecular weight is 296 g/mol. The molecule has 1 aliphatic heterocycles. The van der Waals surface area contributed by atoms with E-state index in [1.165, 1.54) is 5.01 Å². The lowest BCUT2D eigenvalue weighted by Gasteiger charge is -2.32. The molecule has 0 spiro atoms. The van der Waals surface area contributed by atoms with E-state index < -0.39 is 6.23 Å². The number of rotatable bonds is 3. The van der Waals surface area contributed by atoms with Gasteiger partial charge >= 0.3 is 0 Å². The fraction of sp³-hybridized carbons (Fsp3) is 0.278. The summed E-state index contributed by atoms with van der Waals surface area (Å²) in [5.74, 6) is -0.159. The predicted molar refractivity (Wildman–Crippen MR) is 84.7 cm³/mol. The highest BCUT2D eigenvalue weighted by Crippen LogP contribution is 2.27. The van der Waals surface area contributed by atoms with Crippen molar-refractivity contribution in [3.63, 3.8) is 0 Å². The molecule has 2 aromatic rings. The van der Waals surface area contributed by atoms with E-state index in [0.717, 1.165) is 5.56 Å². The van der Waals surface area contributed by atoms with Crippen LogP contribution in [-0.4, -0.2) is 33.3 Å². The summed E-state index contributed by atoms with van der Waals surface area (Å²) in [6, 6.07) is 19.2. The van der Waals surface area contributed by atoms with Crippen molar-refractivity contribution in [2.24, 2.45) is 0 Å². The monoisotopic (exact) mass is 296 g/mol. The Bertz CT molecular complexity index is 630. The molecule has 0 bridgehead atoms. The van der Waals surface area contributed by atoms with Gasteiger partial charge in [0.15, 0.2) is 0 Å². The molecule has 1 amide bonds. The van der Waals surface area contributed by atoms with Crippen molar-refractivity contribution in [1.82, 2.24) is 10.0 Å². The Morgan fingerprint density at radius 1 is 1.09 bits per heavy atom.